The summed E-state index contributed by atoms with van der Waals surface area (Å²) >= 11 is 0. The van der Waals surface area contributed by atoms with Crippen LogP contribution in [0.5, 0.6) is 5.75 Å². The van der Waals surface area contributed by atoms with Crippen molar-refractivity contribution in [2.24, 2.45) is 0 Å². The summed E-state index contributed by atoms with van der Waals surface area (Å²) in [5, 5.41) is 2.81. The Morgan fingerprint density at radius 2 is 1.58 bits per heavy atom. The second-order valence-corrected chi connectivity index (χ2v) is 10.5. The van der Waals surface area contributed by atoms with Crippen LogP contribution in [-0.2, 0) is 23.2 Å². The molecule has 0 spiro atoms. The fraction of sp³-hybridized carbons (Fsp3) is 0.296. The van der Waals surface area contributed by atoms with Crippen molar-refractivity contribution < 1.29 is 22.3 Å². The van der Waals surface area contributed by atoms with Crippen LogP contribution < -0.4 is 14.4 Å². The Kier molecular flexibility index (Phi) is 9.44. The molecular weight excluding hydrogens is 481 g/mol. The van der Waals surface area contributed by atoms with Gasteiger partial charge in [-0.1, -0.05) is 49.7 Å². The van der Waals surface area contributed by atoms with Crippen molar-refractivity contribution in [2.75, 3.05) is 31.6 Å². The molecule has 7 nitrogen and oxygen atoms in total. The van der Waals surface area contributed by atoms with Crippen molar-refractivity contribution in [1.29, 1.82) is 0 Å². The van der Waals surface area contributed by atoms with E-state index in [1.54, 1.807) is 30.3 Å². The minimum atomic E-state index is -3.95. The molecule has 0 fully saturated rings. The summed E-state index contributed by atoms with van der Waals surface area (Å²) in [6.45, 7) is 2.71. The number of aryl methyl sites for hydroxylation is 1. The molecule has 192 valence electrons. The maximum absolute atomic E-state index is 14.4. The van der Waals surface area contributed by atoms with Crippen LogP contribution in [0.2, 0.25) is 0 Å². The van der Waals surface area contributed by atoms with Gasteiger partial charge in [-0.15, -0.1) is 0 Å². The number of benzene rings is 3. The Hall–Kier alpha value is -3.43. The summed E-state index contributed by atoms with van der Waals surface area (Å²) in [5.41, 5.74) is 2.25. The molecule has 0 saturated carbocycles. The summed E-state index contributed by atoms with van der Waals surface area (Å²) in [6, 6.07) is 20.2. The predicted molar refractivity (Wildman–Crippen MR) is 140 cm³/mol. The molecule has 0 aliphatic rings. The Labute approximate surface area is 212 Å². The first kappa shape index (κ1) is 27.2. The molecule has 36 heavy (non-hydrogen) atoms. The average Bonchev–Trinajstić information content (AvgIpc) is 2.87. The van der Waals surface area contributed by atoms with E-state index in [0.29, 0.717) is 24.3 Å². The molecule has 3 rings (SSSR count). The van der Waals surface area contributed by atoms with Gasteiger partial charge in [0.25, 0.3) is 5.91 Å². The van der Waals surface area contributed by atoms with Crippen LogP contribution in [0.25, 0.3) is 0 Å². The van der Waals surface area contributed by atoms with E-state index in [0.717, 1.165) is 27.2 Å². The summed E-state index contributed by atoms with van der Waals surface area (Å²) in [6.07, 6.45) is 2.12. The van der Waals surface area contributed by atoms with Crippen LogP contribution in [-0.4, -0.2) is 45.9 Å². The maximum atomic E-state index is 14.4. The average molecular weight is 514 g/mol. The molecule has 0 bridgehead atoms. The predicted octanol–water partition coefficient (Wildman–Crippen LogP) is 4.40. The van der Waals surface area contributed by atoms with E-state index < -0.39 is 16.0 Å². The molecular formula is C27H32FN3O4S. The zero-order chi connectivity index (χ0) is 26.1. The summed E-state index contributed by atoms with van der Waals surface area (Å²) in [4.78, 5) is 12.5. The summed E-state index contributed by atoms with van der Waals surface area (Å²) < 4.78 is 47.9. The molecule has 3 aromatic rings. The minimum Gasteiger partial charge on any atom is -0.492 e. The quantitative estimate of drug-likeness (QED) is 0.364. The van der Waals surface area contributed by atoms with E-state index in [-0.39, 0.29) is 18.1 Å². The third kappa shape index (κ3) is 7.05. The van der Waals surface area contributed by atoms with E-state index in [1.165, 1.54) is 37.9 Å². The third-order valence-corrected chi connectivity index (χ3v) is 7.33. The highest BCUT2D eigenvalue weighted by atomic mass is 32.2. The number of nitrogens with one attached hydrogen (secondary N) is 1. The lowest BCUT2D eigenvalue weighted by Crippen LogP contribution is -2.40. The van der Waals surface area contributed by atoms with E-state index in [4.69, 9.17) is 4.74 Å². The Morgan fingerprint density at radius 3 is 2.19 bits per heavy atom. The number of nitrogens with zero attached hydrogens (tertiary/aromatic N) is 2. The lowest BCUT2D eigenvalue weighted by atomic mass is 10.1. The Balaban J connectivity index is 1.59. The number of para-hydroxylation sites is 1. The topological polar surface area (TPSA) is 79.0 Å². The Morgan fingerprint density at radius 1 is 0.944 bits per heavy atom. The van der Waals surface area contributed by atoms with Gasteiger partial charge in [0, 0.05) is 19.7 Å². The standard InChI is InChI=1S/C27H32FN3O4S/c1-4-7-21-12-16-24(17-13-21)35-19-18-29-27(32)23-14-10-22(11-15-23)20-31(36(33,34)30(2)3)26-9-6-5-8-25(26)28/h5-6,8-17H,4,7,18-20H2,1-3H3,(H,29,32). The van der Waals surface area contributed by atoms with E-state index in [2.05, 4.69) is 12.2 Å². The molecule has 0 saturated heterocycles. The number of hydrogen-bond donors (Lipinski definition) is 1. The van der Waals surface area contributed by atoms with Crippen LogP contribution >= 0.6 is 0 Å². The molecule has 0 heterocycles. The highest BCUT2D eigenvalue weighted by molar-refractivity contribution is 7.90. The molecule has 0 aliphatic carbocycles. The highest BCUT2D eigenvalue weighted by Gasteiger charge is 2.27. The van der Waals surface area contributed by atoms with Crippen molar-refractivity contribution in [3.63, 3.8) is 0 Å². The Bertz CT molecular complexity index is 1250. The largest absolute Gasteiger partial charge is 0.492 e. The SMILES string of the molecule is CCCc1ccc(OCCNC(=O)c2ccc(CN(c3ccccc3F)S(=O)(=O)N(C)C)cc2)cc1. The zero-order valence-corrected chi connectivity index (χ0v) is 21.6. The fourth-order valence-corrected chi connectivity index (χ4v) is 4.65. The maximum Gasteiger partial charge on any atom is 0.303 e. The smallest absolute Gasteiger partial charge is 0.303 e. The molecule has 1 amide bonds. The van der Waals surface area contributed by atoms with Crippen LogP contribution in [0, 0.1) is 5.82 Å². The van der Waals surface area contributed by atoms with Gasteiger partial charge in [-0.05, 0) is 53.9 Å². The first-order valence-corrected chi connectivity index (χ1v) is 13.2. The number of carbonyl (C=O) groups is 1. The molecule has 0 atom stereocenters. The van der Waals surface area contributed by atoms with Gasteiger partial charge < -0.3 is 10.1 Å². The number of amides is 1. The lowest BCUT2D eigenvalue weighted by molar-refractivity contribution is 0.0947. The van der Waals surface area contributed by atoms with Gasteiger partial charge in [0.05, 0.1) is 18.8 Å². The lowest BCUT2D eigenvalue weighted by Gasteiger charge is -2.27. The number of hydrogen-bond acceptors (Lipinski definition) is 4. The monoisotopic (exact) mass is 513 g/mol. The van der Waals surface area contributed by atoms with Crippen molar-refractivity contribution in [3.8, 4) is 5.75 Å². The molecule has 0 aliphatic heterocycles. The van der Waals surface area contributed by atoms with E-state index in [9.17, 15) is 17.6 Å². The van der Waals surface area contributed by atoms with Crippen LogP contribution in [0.15, 0.2) is 72.8 Å². The van der Waals surface area contributed by atoms with Gasteiger partial charge >= 0.3 is 10.2 Å². The molecule has 3 aromatic carbocycles. The fourth-order valence-electron chi connectivity index (χ4n) is 3.55. The highest BCUT2D eigenvalue weighted by Crippen LogP contribution is 2.25. The number of anilines is 1. The van der Waals surface area contributed by atoms with Crippen LogP contribution in [0.3, 0.4) is 0 Å². The van der Waals surface area contributed by atoms with Gasteiger partial charge in [-0.25, -0.2) is 4.39 Å². The normalized spacial score (nSPS) is 11.4. The van der Waals surface area contributed by atoms with Crippen molar-refractivity contribution >= 4 is 21.8 Å². The van der Waals surface area contributed by atoms with Crippen molar-refractivity contribution in [1.82, 2.24) is 9.62 Å². The molecule has 0 aromatic heterocycles. The van der Waals surface area contributed by atoms with E-state index in [1.807, 2.05) is 24.3 Å². The van der Waals surface area contributed by atoms with Crippen LogP contribution in [0.4, 0.5) is 10.1 Å². The van der Waals surface area contributed by atoms with Crippen LogP contribution in [0.1, 0.15) is 34.8 Å². The van der Waals surface area contributed by atoms with Gasteiger partial charge in [-0.2, -0.15) is 12.7 Å². The van der Waals surface area contributed by atoms with Gasteiger partial charge in [0.2, 0.25) is 0 Å². The van der Waals surface area contributed by atoms with Gasteiger partial charge in [0.1, 0.15) is 18.2 Å². The summed E-state index contributed by atoms with van der Waals surface area (Å²) in [7, 11) is -1.17. The zero-order valence-electron chi connectivity index (χ0n) is 20.8. The van der Waals surface area contributed by atoms with Gasteiger partial charge in [-0.3, -0.25) is 9.10 Å². The third-order valence-electron chi connectivity index (χ3n) is 5.52. The summed E-state index contributed by atoms with van der Waals surface area (Å²) in [5.74, 6) is -0.158. The first-order chi connectivity index (χ1) is 17.2. The molecule has 1 N–H and O–H groups in total. The second kappa shape index (κ2) is 12.5. The molecule has 9 heteroatoms. The minimum absolute atomic E-state index is 0.0481. The van der Waals surface area contributed by atoms with Crippen molar-refractivity contribution in [3.05, 3.63) is 95.3 Å². The first-order valence-electron chi connectivity index (χ1n) is 11.8. The van der Waals surface area contributed by atoms with Crippen molar-refractivity contribution in [2.45, 2.75) is 26.3 Å². The second-order valence-electron chi connectivity index (χ2n) is 8.44. The number of ether oxygens (including phenoxy) is 1. The number of rotatable bonds is 12. The number of carbonyl (C=O) groups excluding carboxylic acids is 1. The molecule has 0 unspecified atom stereocenters. The number of halogens is 1. The van der Waals surface area contributed by atoms with Gasteiger partial charge in [0.15, 0.2) is 0 Å². The molecule has 0 radical (unpaired) electrons. The van der Waals surface area contributed by atoms with E-state index >= 15 is 0 Å².